The third kappa shape index (κ3) is 5.98. The third-order valence-corrected chi connectivity index (χ3v) is 2.36. The van der Waals surface area contributed by atoms with Crippen LogP contribution in [0.25, 0.3) is 0 Å². The second-order valence-corrected chi connectivity index (χ2v) is 4.36. The molecule has 1 N–H and O–H groups in total. The molecule has 0 radical (unpaired) electrons. The van der Waals surface area contributed by atoms with Gasteiger partial charge in [0.25, 0.3) is 0 Å². The number of nitrogens with one attached hydrogen (secondary N) is 1. The highest BCUT2D eigenvalue weighted by Gasteiger charge is 2.05. The van der Waals surface area contributed by atoms with E-state index in [-0.39, 0.29) is 6.10 Å². The lowest BCUT2D eigenvalue weighted by molar-refractivity contribution is 0.144. The molecule has 18 heavy (non-hydrogen) atoms. The summed E-state index contributed by atoms with van der Waals surface area (Å²) in [5.41, 5.74) is 1.10. The Labute approximate surface area is 110 Å². The fourth-order valence-electron chi connectivity index (χ4n) is 1.55. The van der Waals surface area contributed by atoms with Crippen LogP contribution in [-0.2, 0) is 11.3 Å². The molecule has 0 aliphatic rings. The number of ether oxygens (including phenoxy) is 2. The van der Waals surface area contributed by atoms with Crippen LogP contribution in [0.15, 0.2) is 18.3 Å². The molecule has 4 heteroatoms. The van der Waals surface area contributed by atoms with Crippen LogP contribution in [0.1, 0.15) is 32.8 Å². The minimum absolute atomic E-state index is 0.150. The predicted octanol–water partition coefficient (Wildman–Crippen LogP) is 2.39. The monoisotopic (exact) mass is 252 g/mol. The van der Waals surface area contributed by atoms with Crippen LogP contribution in [0.3, 0.4) is 0 Å². The van der Waals surface area contributed by atoms with E-state index in [9.17, 15) is 0 Å². The van der Waals surface area contributed by atoms with Gasteiger partial charge < -0.3 is 14.8 Å². The van der Waals surface area contributed by atoms with Crippen molar-refractivity contribution in [3.8, 4) is 5.88 Å². The number of hydrogen-bond donors (Lipinski definition) is 1. The Bertz CT molecular complexity index is 329. The molecule has 1 aromatic rings. The maximum Gasteiger partial charge on any atom is 0.218 e. The van der Waals surface area contributed by atoms with E-state index in [1.807, 2.05) is 32.9 Å². The average molecular weight is 252 g/mol. The SMILES string of the molecule is CCOCCCNCc1cccnc1OC(C)C. The van der Waals surface area contributed by atoms with Crippen LogP contribution in [0.2, 0.25) is 0 Å². The summed E-state index contributed by atoms with van der Waals surface area (Å²) in [6.45, 7) is 9.35. The second kappa shape index (κ2) is 8.89. The van der Waals surface area contributed by atoms with Gasteiger partial charge in [-0.25, -0.2) is 4.98 Å². The highest BCUT2D eigenvalue weighted by Crippen LogP contribution is 2.15. The van der Waals surface area contributed by atoms with E-state index in [2.05, 4.69) is 10.3 Å². The predicted molar refractivity (Wildman–Crippen MR) is 72.8 cm³/mol. The molecule has 0 spiro atoms. The number of hydrogen-bond acceptors (Lipinski definition) is 4. The Hall–Kier alpha value is -1.13. The third-order valence-electron chi connectivity index (χ3n) is 2.36. The van der Waals surface area contributed by atoms with Gasteiger partial charge in [-0.05, 0) is 39.8 Å². The van der Waals surface area contributed by atoms with E-state index in [4.69, 9.17) is 9.47 Å². The van der Waals surface area contributed by atoms with Crippen molar-refractivity contribution in [3.63, 3.8) is 0 Å². The molecule has 1 rings (SSSR count). The van der Waals surface area contributed by atoms with Crippen molar-refractivity contribution in [2.75, 3.05) is 19.8 Å². The number of rotatable bonds is 9. The lowest BCUT2D eigenvalue weighted by Gasteiger charge is -2.13. The molecule has 0 atom stereocenters. The molecule has 0 saturated heterocycles. The molecule has 102 valence electrons. The van der Waals surface area contributed by atoms with Gasteiger partial charge in [0.15, 0.2) is 0 Å². The summed E-state index contributed by atoms with van der Waals surface area (Å²) in [5.74, 6) is 0.727. The van der Waals surface area contributed by atoms with E-state index in [0.29, 0.717) is 0 Å². The first-order chi connectivity index (χ1) is 8.74. The van der Waals surface area contributed by atoms with Crippen LogP contribution >= 0.6 is 0 Å². The van der Waals surface area contributed by atoms with E-state index in [0.717, 1.165) is 44.2 Å². The van der Waals surface area contributed by atoms with Crippen LogP contribution in [0, 0.1) is 0 Å². The smallest absolute Gasteiger partial charge is 0.218 e. The first kappa shape index (κ1) is 14.9. The van der Waals surface area contributed by atoms with Gasteiger partial charge in [-0.2, -0.15) is 0 Å². The fraction of sp³-hybridized carbons (Fsp3) is 0.643. The van der Waals surface area contributed by atoms with E-state index >= 15 is 0 Å². The highest BCUT2D eigenvalue weighted by molar-refractivity contribution is 5.25. The molecule has 0 aromatic carbocycles. The maximum absolute atomic E-state index is 5.67. The Morgan fingerprint density at radius 2 is 2.22 bits per heavy atom. The van der Waals surface area contributed by atoms with Crippen LogP contribution in [0.5, 0.6) is 5.88 Å². The Morgan fingerprint density at radius 1 is 1.39 bits per heavy atom. The molecule has 0 aliphatic heterocycles. The van der Waals surface area contributed by atoms with Gasteiger partial charge in [0.05, 0.1) is 6.10 Å². The molecule has 1 aromatic heterocycles. The van der Waals surface area contributed by atoms with E-state index < -0.39 is 0 Å². The lowest BCUT2D eigenvalue weighted by Crippen LogP contribution is -2.18. The van der Waals surface area contributed by atoms with E-state index in [1.54, 1.807) is 6.20 Å². The number of aromatic nitrogens is 1. The Morgan fingerprint density at radius 3 is 2.94 bits per heavy atom. The molecule has 0 saturated carbocycles. The second-order valence-electron chi connectivity index (χ2n) is 4.36. The largest absolute Gasteiger partial charge is 0.475 e. The van der Waals surface area contributed by atoms with Crippen LogP contribution in [0.4, 0.5) is 0 Å². The topological polar surface area (TPSA) is 43.4 Å². The van der Waals surface area contributed by atoms with Gasteiger partial charge in [-0.3, -0.25) is 0 Å². The first-order valence-corrected chi connectivity index (χ1v) is 6.63. The van der Waals surface area contributed by atoms with Crippen molar-refractivity contribution in [2.45, 2.75) is 39.8 Å². The van der Waals surface area contributed by atoms with Crippen molar-refractivity contribution < 1.29 is 9.47 Å². The summed E-state index contributed by atoms with van der Waals surface area (Å²) >= 11 is 0. The number of nitrogens with zero attached hydrogens (tertiary/aromatic N) is 1. The van der Waals surface area contributed by atoms with Crippen LogP contribution < -0.4 is 10.1 Å². The molecule has 0 amide bonds. The van der Waals surface area contributed by atoms with Crippen molar-refractivity contribution >= 4 is 0 Å². The summed E-state index contributed by atoms with van der Waals surface area (Å²) in [6, 6.07) is 3.98. The highest BCUT2D eigenvalue weighted by atomic mass is 16.5. The minimum Gasteiger partial charge on any atom is -0.475 e. The quantitative estimate of drug-likeness (QED) is 0.685. The van der Waals surface area contributed by atoms with Crippen molar-refractivity contribution in [3.05, 3.63) is 23.9 Å². The lowest BCUT2D eigenvalue weighted by atomic mass is 10.2. The summed E-state index contributed by atoms with van der Waals surface area (Å²) < 4.78 is 11.0. The first-order valence-electron chi connectivity index (χ1n) is 6.63. The van der Waals surface area contributed by atoms with Gasteiger partial charge in [-0.1, -0.05) is 6.07 Å². The van der Waals surface area contributed by atoms with Gasteiger partial charge >= 0.3 is 0 Å². The summed E-state index contributed by atoms with van der Waals surface area (Å²) in [4.78, 5) is 4.26. The fourth-order valence-corrected chi connectivity index (χ4v) is 1.55. The molecular weight excluding hydrogens is 228 g/mol. The normalized spacial score (nSPS) is 10.9. The molecule has 1 heterocycles. The Balaban J connectivity index is 2.32. The maximum atomic E-state index is 5.67. The van der Waals surface area contributed by atoms with Gasteiger partial charge in [0.1, 0.15) is 0 Å². The molecular formula is C14H24N2O2. The van der Waals surface area contributed by atoms with Crippen molar-refractivity contribution in [1.82, 2.24) is 10.3 Å². The van der Waals surface area contributed by atoms with E-state index in [1.165, 1.54) is 0 Å². The standard InChI is InChI=1S/C14H24N2O2/c1-4-17-10-6-8-15-11-13-7-5-9-16-14(13)18-12(2)3/h5,7,9,12,15H,4,6,8,10-11H2,1-3H3. The summed E-state index contributed by atoms with van der Waals surface area (Å²) in [5, 5.41) is 3.37. The molecule has 0 fully saturated rings. The summed E-state index contributed by atoms with van der Waals surface area (Å²) in [7, 11) is 0. The zero-order valence-electron chi connectivity index (χ0n) is 11.6. The van der Waals surface area contributed by atoms with Gasteiger partial charge in [0, 0.05) is 31.5 Å². The Kier molecular flexibility index (Phi) is 7.37. The zero-order valence-corrected chi connectivity index (χ0v) is 11.6. The summed E-state index contributed by atoms with van der Waals surface area (Å²) in [6.07, 6.45) is 2.93. The molecule has 4 nitrogen and oxygen atoms in total. The van der Waals surface area contributed by atoms with Crippen molar-refractivity contribution in [2.24, 2.45) is 0 Å². The van der Waals surface area contributed by atoms with Gasteiger partial charge in [0.2, 0.25) is 5.88 Å². The zero-order chi connectivity index (χ0) is 13.2. The molecule has 0 bridgehead atoms. The minimum atomic E-state index is 0.150. The molecule has 0 aliphatic carbocycles. The average Bonchev–Trinajstić information content (AvgIpc) is 2.35. The van der Waals surface area contributed by atoms with Crippen LogP contribution in [-0.4, -0.2) is 30.8 Å². The molecule has 0 unspecified atom stereocenters. The van der Waals surface area contributed by atoms with Crippen molar-refractivity contribution in [1.29, 1.82) is 0 Å². The van der Waals surface area contributed by atoms with Gasteiger partial charge in [-0.15, -0.1) is 0 Å². The number of pyridine rings is 1.